The van der Waals surface area contributed by atoms with E-state index >= 15 is 0 Å². The summed E-state index contributed by atoms with van der Waals surface area (Å²) in [5.74, 6) is -0.156. The van der Waals surface area contributed by atoms with Crippen LogP contribution in [0.1, 0.15) is 28.8 Å². The van der Waals surface area contributed by atoms with E-state index in [1.807, 2.05) is 13.0 Å². The lowest BCUT2D eigenvalue weighted by atomic mass is 9.90. The SMILES string of the molecule is Cc1ccc(C(=O)NC2(CO)CCOCC2)cc1Br. The molecule has 19 heavy (non-hydrogen) atoms. The van der Waals surface area contributed by atoms with Gasteiger partial charge in [0, 0.05) is 23.2 Å². The van der Waals surface area contributed by atoms with Crippen molar-refractivity contribution in [3.63, 3.8) is 0 Å². The molecule has 1 aromatic carbocycles. The Balaban J connectivity index is 2.12. The van der Waals surface area contributed by atoms with Crippen LogP contribution in [0.25, 0.3) is 0 Å². The van der Waals surface area contributed by atoms with Gasteiger partial charge in [0.05, 0.1) is 12.1 Å². The molecule has 104 valence electrons. The van der Waals surface area contributed by atoms with Gasteiger partial charge in [0.1, 0.15) is 0 Å². The van der Waals surface area contributed by atoms with Crippen LogP contribution >= 0.6 is 15.9 Å². The number of nitrogens with one attached hydrogen (secondary N) is 1. The second kappa shape index (κ2) is 6.03. The molecule has 1 amide bonds. The molecule has 0 aliphatic carbocycles. The van der Waals surface area contributed by atoms with Crippen molar-refractivity contribution in [2.75, 3.05) is 19.8 Å². The van der Waals surface area contributed by atoms with E-state index in [0.29, 0.717) is 31.6 Å². The molecule has 1 heterocycles. The van der Waals surface area contributed by atoms with Crippen molar-refractivity contribution in [2.24, 2.45) is 0 Å². The summed E-state index contributed by atoms with van der Waals surface area (Å²) in [6.07, 6.45) is 1.28. The second-order valence-electron chi connectivity index (χ2n) is 4.97. The quantitative estimate of drug-likeness (QED) is 0.893. The lowest BCUT2D eigenvalue weighted by Gasteiger charge is -2.36. The predicted molar refractivity (Wildman–Crippen MR) is 76.2 cm³/mol. The fourth-order valence-corrected chi connectivity index (χ4v) is 2.51. The van der Waals surface area contributed by atoms with Crippen LogP contribution < -0.4 is 5.32 Å². The highest BCUT2D eigenvalue weighted by Crippen LogP contribution is 2.22. The number of carbonyl (C=O) groups is 1. The number of aryl methyl sites for hydroxylation is 1. The molecule has 0 aromatic heterocycles. The Labute approximate surface area is 121 Å². The van der Waals surface area contributed by atoms with Gasteiger partial charge >= 0.3 is 0 Å². The summed E-state index contributed by atoms with van der Waals surface area (Å²) in [5.41, 5.74) is 1.13. The van der Waals surface area contributed by atoms with Gasteiger partial charge in [-0.05, 0) is 37.5 Å². The molecule has 0 saturated carbocycles. The average molecular weight is 328 g/mol. The van der Waals surface area contributed by atoms with Crippen LogP contribution in [0.15, 0.2) is 22.7 Å². The number of rotatable bonds is 3. The molecular formula is C14H18BrNO3. The van der Waals surface area contributed by atoms with Crippen LogP contribution in [-0.2, 0) is 4.74 Å². The van der Waals surface area contributed by atoms with Crippen molar-refractivity contribution in [1.82, 2.24) is 5.32 Å². The molecule has 0 spiro atoms. The molecule has 1 aromatic rings. The molecule has 5 heteroatoms. The average Bonchev–Trinajstić information content (AvgIpc) is 2.43. The van der Waals surface area contributed by atoms with Crippen LogP contribution in [0.4, 0.5) is 0 Å². The molecule has 4 nitrogen and oxygen atoms in total. The molecular weight excluding hydrogens is 310 g/mol. The zero-order valence-electron chi connectivity index (χ0n) is 10.9. The smallest absolute Gasteiger partial charge is 0.251 e. The van der Waals surface area contributed by atoms with Gasteiger partial charge < -0.3 is 15.2 Å². The first kappa shape index (κ1) is 14.5. The van der Waals surface area contributed by atoms with Gasteiger partial charge in [-0.15, -0.1) is 0 Å². The van der Waals surface area contributed by atoms with Crippen molar-refractivity contribution in [3.8, 4) is 0 Å². The fraction of sp³-hybridized carbons (Fsp3) is 0.500. The third-order valence-corrected chi connectivity index (χ3v) is 4.42. The number of carbonyl (C=O) groups excluding carboxylic acids is 1. The normalized spacial score (nSPS) is 18.1. The number of aliphatic hydroxyl groups is 1. The van der Waals surface area contributed by atoms with Gasteiger partial charge in [-0.25, -0.2) is 0 Å². The maximum atomic E-state index is 12.3. The van der Waals surface area contributed by atoms with E-state index in [0.717, 1.165) is 10.0 Å². The van der Waals surface area contributed by atoms with Crippen molar-refractivity contribution in [2.45, 2.75) is 25.3 Å². The minimum Gasteiger partial charge on any atom is -0.394 e. The van der Waals surface area contributed by atoms with Gasteiger partial charge in [-0.3, -0.25) is 4.79 Å². The zero-order valence-corrected chi connectivity index (χ0v) is 12.5. The van der Waals surface area contributed by atoms with Crippen LogP contribution in [-0.4, -0.2) is 36.4 Å². The minimum atomic E-state index is -0.549. The molecule has 1 saturated heterocycles. The Hall–Kier alpha value is -0.910. The third kappa shape index (κ3) is 3.35. The summed E-state index contributed by atoms with van der Waals surface area (Å²) in [5, 5.41) is 12.5. The summed E-state index contributed by atoms with van der Waals surface area (Å²) in [6, 6.07) is 5.49. The molecule has 1 fully saturated rings. The molecule has 1 aliphatic heterocycles. The number of hydrogen-bond acceptors (Lipinski definition) is 3. The van der Waals surface area contributed by atoms with Gasteiger partial charge in [0.25, 0.3) is 5.91 Å². The maximum Gasteiger partial charge on any atom is 0.251 e. The first-order valence-electron chi connectivity index (χ1n) is 6.34. The summed E-state index contributed by atoms with van der Waals surface area (Å²) in [7, 11) is 0. The molecule has 1 aliphatic rings. The Morgan fingerprint density at radius 1 is 1.47 bits per heavy atom. The lowest BCUT2D eigenvalue weighted by molar-refractivity contribution is 0.0125. The number of amides is 1. The highest BCUT2D eigenvalue weighted by molar-refractivity contribution is 9.10. The predicted octanol–water partition coefficient (Wildman–Crippen LogP) is 2.03. The summed E-state index contributed by atoms with van der Waals surface area (Å²) in [4.78, 5) is 12.3. The Morgan fingerprint density at radius 3 is 2.74 bits per heavy atom. The van der Waals surface area contributed by atoms with Crippen molar-refractivity contribution in [3.05, 3.63) is 33.8 Å². The highest BCUT2D eigenvalue weighted by Gasteiger charge is 2.33. The highest BCUT2D eigenvalue weighted by atomic mass is 79.9. The largest absolute Gasteiger partial charge is 0.394 e. The summed E-state index contributed by atoms with van der Waals surface area (Å²) >= 11 is 3.42. The summed E-state index contributed by atoms with van der Waals surface area (Å²) in [6.45, 7) is 3.05. The lowest BCUT2D eigenvalue weighted by Crippen LogP contribution is -2.54. The van der Waals surface area contributed by atoms with Gasteiger partial charge in [0.2, 0.25) is 0 Å². The van der Waals surface area contributed by atoms with Crippen molar-refractivity contribution in [1.29, 1.82) is 0 Å². The van der Waals surface area contributed by atoms with E-state index in [2.05, 4.69) is 21.2 Å². The number of benzene rings is 1. The molecule has 0 bridgehead atoms. The topological polar surface area (TPSA) is 58.6 Å². The minimum absolute atomic E-state index is 0.0604. The molecule has 0 unspecified atom stereocenters. The number of aliphatic hydroxyl groups excluding tert-OH is 1. The van der Waals surface area contributed by atoms with E-state index in [4.69, 9.17) is 4.74 Å². The van der Waals surface area contributed by atoms with Crippen LogP contribution in [0.5, 0.6) is 0 Å². The van der Waals surface area contributed by atoms with Crippen LogP contribution in [0, 0.1) is 6.92 Å². The zero-order chi connectivity index (χ0) is 13.9. The van der Waals surface area contributed by atoms with Gasteiger partial charge in [-0.1, -0.05) is 22.0 Å². The van der Waals surface area contributed by atoms with Crippen molar-refractivity contribution >= 4 is 21.8 Å². The first-order chi connectivity index (χ1) is 9.06. The maximum absolute atomic E-state index is 12.3. The van der Waals surface area contributed by atoms with Gasteiger partial charge in [-0.2, -0.15) is 0 Å². The molecule has 0 atom stereocenters. The van der Waals surface area contributed by atoms with Crippen molar-refractivity contribution < 1.29 is 14.6 Å². The number of ether oxygens (including phenoxy) is 1. The Bertz CT molecular complexity index is 470. The Morgan fingerprint density at radius 2 is 2.16 bits per heavy atom. The van der Waals surface area contributed by atoms with Crippen LogP contribution in [0.3, 0.4) is 0 Å². The second-order valence-corrected chi connectivity index (χ2v) is 5.82. The number of hydrogen-bond donors (Lipinski definition) is 2. The van der Waals surface area contributed by atoms with Crippen LogP contribution in [0.2, 0.25) is 0 Å². The van der Waals surface area contributed by atoms with E-state index < -0.39 is 5.54 Å². The molecule has 2 rings (SSSR count). The molecule has 2 N–H and O–H groups in total. The van der Waals surface area contributed by atoms with E-state index in [1.54, 1.807) is 12.1 Å². The van der Waals surface area contributed by atoms with E-state index in [1.165, 1.54) is 0 Å². The number of halogens is 1. The standard InChI is InChI=1S/C14H18BrNO3/c1-10-2-3-11(8-12(10)15)13(18)16-14(9-17)4-6-19-7-5-14/h2-3,8,17H,4-7,9H2,1H3,(H,16,18). The summed E-state index contributed by atoms with van der Waals surface area (Å²) < 4.78 is 6.19. The fourth-order valence-electron chi connectivity index (χ4n) is 2.13. The van der Waals surface area contributed by atoms with Gasteiger partial charge in [0.15, 0.2) is 0 Å². The Kier molecular flexibility index (Phi) is 4.60. The molecule has 0 radical (unpaired) electrons. The van der Waals surface area contributed by atoms with E-state index in [-0.39, 0.29) is 12.5 Å². The monoisotopic (exact) mass is 327 g/mol. The third-order valence-electron chi connectivity index (χ3n) is 3.57. The van der Waals surface area contributed by atoms with E-state index in [9.17, 15) is 9.90 Å². The first-order valence-corrected chi connectivity index (χ1v) is 7.13.